The van der Waals surface area contributed by atoms with Gasteiger partial charge in [-0.15, -0.1) is 0 Å². The summed E-state index contributed by atoms with van der Waals surface area (Å²) >= 11 is 0. The lowest BCUT2D eigenvalue weighted by molar-refractivity contribution is -0.120. The zero-order valence-electron chi connectivity index (χ0n) is 11.5. The standard InChI is InChI=1S/C14H20F2N2O/c1-8(2)4-10(7-17)14(19)18-13-6-11(15)9(3)5-12(13)16/h5-6,8,10H,4,7,17H2,1-3H3,(H,18,19). The number of anilines is 1. The Balaban J connectivity index is 2.84. The Morgan fingerprint density at radius 1 is 1.32 bits per heavy atom. The monoisotopic (exact) mass is 270 g/mol. The Morgan fingerprint density at radius 3 is 2.47 bits per heavy atom. The van der Waals surface area contributed by atoms with Crippen LogP contribution < -0.4 is 11.1 Å². The minimum Gasteiger partial charge on any atom is -0.330 e. The molecule has 19 heavy (non-hydrogen) atoms. The lowest BCUT2D eigenvalue weighted by atomic mass is 9.96. The van der Waals surface area contributed by atoms with Gasteiger partial charge in [0.15, 0.2) is 0 Å². The molecule has 0 aliphatic heterocycles. The molecule has 1 atom stereocenters. The fourth-order valence-corrected chi connectivity index (χ4v) is 1.86. The first-order chi connectivity index (χ1) is 8.85. The number of benzene rings is 1. The summed E-state index contributed by atoms with van der Waals surface area (Å²) in [5.41, 5.74) is 5.60. The van der Waals surface area contributed by atoms with E-state index in [0.717, 1.165) is 12.1 Å². The highest BCUT2D eigenvalue weighted by atomic mass is 19.1. The minimum atomic E-state index is -0.646. The second-order valence-electron chi connectivity index (χ2n) is 5.13. The summed E-state index contributed by atoms with van der Waals surface area (Å²) in [7, 11) is 0. The van der Waals surface area contributed by atoms with Crippen molar-refractivity contribution < 1.29 is 13.6 Å². The van der Waals surface area contributed by atoms with Crippen LogP contribution in [0.1, 0.15) is 25.8 Å². The number of hydrogen-bond acceptors (Lipinski definition) is 2. The van der Waals surface area contributed by atoms with Crippen molar-refractivity contribution in [3.8, 4) is 0 Å². The predicted octanol–water partition coefficient (Wildman–Crippen LogP) is 2.83. The van der Waals surface area contributed by atoms with E-state index in [-0.39, 0.29) is 23.7 Å². The lowest BCUT2D eigenvalue weighted by Crippen LogP contribution is -2.30. The lowest BCUT2D eigenvalue weighted by Gasteiger charge is -2.17. The maximum atomic E-state index is 13.6. The maximum Gasteiger partial charge on any atom is 0.228 e. The predicted molar refractivity (Wildman–Crippen MR) is 71.7 cm³/mol. The minimum absolute atomic E-state index is 0.143. The van der Waals surface area contributed by atoms with E-state index in [1.54, 1.807) is 0 Å². The van der Waals surface area contributed by atoms with Crippen molar-refractivity contribution in [2.75, 3.05) is 11.9 Å². The van der Waals surface area contributed by atoms with Gasteiger partial charge in [-0.2, -0.15) is 0 Å². The Kier molecular flexibility index (Phi) is 5.42. The molecule has 5 heteroatoms. The van der Waals surface area contributed by atoms with Crippen LogP contribution in [0.15, 0.2) is 12.1 Å². The topological polar surface area (TPSA) is 55.1 Å². The molecular formula is C14H20F2N2O. The molecule has 1 rings (SSSR count). The summed E-state index contributed by atoms with van der Waals surface area (Å²) in [5, 5.41) is 2.40. The van der Waals surface area contributed by atoms with Gasteiger partial charge in [0.1, 0.15) is 11.6 Å². The first-order valence-electron chi connectivity index (χ1n) is 6.31. The SMILES string of the molecule is Cc1cc(F)c(NC(=O)C(CN)CC(C)C)cc1F. The van der Waals surface area contributed by atoms with E-state index in [9.17, 15) is 13.6 Å². The molecule has 0 aliphatic carbocycles. The summed E-state index contributed by atoms with van der Waals surface area (Å²) in [4.78, 5) is 11.9. The number of hydrogen-bond donors (Lipinski definition) is 2. The van der Waals surface area contributed by atoms with Gasteiger partial charge < -0.3 is 11.1 Å². The van der Waals surface area contributed by atoms with Crippen molar-refractivity contribution in [2.45, 2.75) is 27.2 Å². The molecule has 3 nitrogen and oxygen atoms in total. The molecule has 106 valence electrons. The molecule has 1 amide bonds. The summed E-state index contributed by atoms with van der Waals surface area (Å²) in [5.74, 6) is -1.67. The van der Waals surface area contributed by atoms with Crippen LogP contribution >= 0.6 is 0 Å². The molecule has 0 saturated carbocycles. The van der Waals surface area contributed by atoms with Gasteiger partial charge in [0, 0.05) is 12.6 Å². The largest absolute Gasteiger partial charge is 0.330 e. The van der Waals surface area contributed by atoms with E-state index in [0.29, 0.717) is 12.3 Å². The van der Waals surface area contributed by atoms with Gasteiger partial charge in [-0.1, -0.05) is 13.8 Å². The van der Waals surface area contributed by atoms with Gasteiger partial charge in [-0.25, -0.2) is 8.78 Å². The number of carbonyl (C=O) groups excluding carboxylic acids is 1. The van der Waals surface area contributed by atoms with Crippen molar-refractivity contribution in [3.05, 3.63) is 29.3 Å². The number of nitrogens with two attached hydrogens (primary N) is 1. The van der Waals surface area contributed by atoms with Crippen molar-refractivity contribution in [1.82, 2.24) is 0 Å². The second-order valence-corrected chi connectivity index (χ2v) is 5.13. The first-order valence-corrected chi connectivity index (χ1v) is 6.31. The van der Waals surface area contributed by atoms with E-state index in [1.165, 1.54) is 6.92 Å². The van der Waals surface area contributed by atoms with Crippen molar-refractivity contribution in [3.63, 3.8) is 0 Å². The molecule has 0 aromatic heterocycles. The number of amides is 1. The average molecular weight is 270 g/mol. The van der Waals surface area contributed by atoms with Crippen LogP contribution in [0.5, 0.6) is 0 Å². The van der Waals surface area contributed by atoms with Crippen molar-refractivity contribution in [1.29, 1.82) is 0 Å². The van der Waals surface area contributed by atoms with Crippen LogP contribution in [0.4, 0.5) is 14.5 Å². The van der Waals surface area contributed by atoms with E-state index in [2.05, 4.69) is 5.32 Å². The molecule has 0 radical (unpaired) electrons. The molecule has 0 aliphatic rings. The van der Waals surface area contributed by atoms with Gasteiger partial charge in [0.25, 0.3) is 0 Å². The molecule has 0 spiro atoms. The van der Waals surface area contributed by atoms with Gasteiger partial charge in [-0.05, 0) is 30.9 Å². The molecular weight excluding hydrogens is 250 g/mol. The first kappa shape index (κ1) is 15.6. The highest BCUT2D eigenvalue weighted by Crippen LogP contribution is 2.20. The molecule has 0 bridgehead atoms. The van der Waals surface area contributed by atoms with E-state index in [1.807, 2.05) is 13.8 Å². The van der Waals surface area contributed by atoms with E-state index < -0.39 is 17.6 Å². The molecule has 0 fully saturated rings. The zero-order chi connectivity index (χ0) is 14.6. The molecule has 1 aromatic carbocycles. The van der Waals surface area contributed by atoms with Gasteiger partial charge in [0.2, 0.25) is 5.91 Å². The highest BCUT2D eigenvalue weighted by Gasteiger charge is 2.20. The number of aryl methyl sites for hydroxylation is 1. The van der Waals surface area contributed by atoms with E-state index in [4.69, 9.17) is 5.73 Å². The van der Waals surface area contributed by atoms with Crippen molar-refractivity contribution in [2.24, 2.45) is 17.6 Å². The third-order valence-electron chi connectivity index (χ3n) is 2.92. The number of carbonyl (C=O) groups is 1. The normalized spacial score (nSPS) is 12.6. The van der Waals surface area contributed by atoms with Gasteiger partial charge in [0.05, 0.1) is 11.6 Å². The quantitative estimate of drug-likeness (QED) is 0.864. The number of rotatable bonds is 5. The van der Waals surface area contributed by atoms with Crippen LogP contribution in [0.25, 0.3) is 0 Å². The fraction of sp³-hybridized carbons (Fsp3) is 0.500. The summed E-state index contributed by atoms with van der Waals surface area (Å²) in [6.45, 7) is 5.59. The third kappa shape index (κ3) is 4.28. The van der Waals surface area contributed by atoms with Crippen LogP contribution in [-0.2, 0) is 4.79 Å². The van der Waals surface area contributed by atoms with Crippen LogP contribution in [-0.4, -0.2) is 12.5 Å². The smallest absolute Gasteiger partial charge is 0.228 e. The summed E-state index contributed by atoms with van der Waals surface area (Å²) < 4.78 is 27.0. The second kappa shape index (κ2) is 6.61. The van der Waals surface area contributed by atoms with Crippen LogP contribution in [0.3, 0.4) is 0 Å². The van der Waals surface area contributed by atoms with Gasteiger partial charge >= 0.3 is 0 Å². The average Bonchev–Trinajstić information content (AvgIpc) is 2.32. The van der Waals surface area contributed by atoms with Gasteiger partial charge in [-0.3, -0.25) is 4.79 Å². The fourth-order valence-electron chi connectivity index (χ4n) is 1.86. The Hall–Kier alpha value is -1.49. The highest BCUT2D eigenvalue weighted by molar-refractivity contribution is 5.92. The third-order valence-corrected chi connectivity index (χ3v) is 2.92. The molecule has 3 N–H and O–H groups in total. The van der Waals surface area contributed by atoms with E-state index >= 15 is 0 Å². The van der Waals surface area contributed by atoms with Crippen molar-refractivity contribution >= 4 is 11.6 Å². The van der Waals surface area contributed by atoms with Crippen LogP contribution in [0, 0.1) is 30.4 Å². The summed E-state index contributed by atoms with van der Waals surface area (Å²) in [6, 6.07) is 2.05. The zero-order valence-corrected chi connectivity index (χ0v) is 11.5. The summed E-state index contributed by atoms with van der Waals surface area (Å²) in [6.07, 6.45) is 0.609. The number of halogens is 2. The van der Waals surface area contributed by atoms with Crippen LogP contribution in [0.2, 0.25) is 0 Å². The Morgan fingerprint density at radius 2 is 1.95 bits per heavy atom. The molecule has 1 unspecified atom stereocenters. The molecule has 0 saturated heterocycles. The Bertz CT molecular complexity index is 461. The molecule has 1 aromatic rings. The number of nitrogens with one attached hydrogen (secondary N) is 1. The Labute approximate surface area is 112 Å². The maximum absolute atomic E-state index is 13.6. The molecule has 0 heterocycles.